The van der Waals surface area contributed by atoms with Gasteiger partial charge in [0.1, 0.15) is 17.1 Å². The van der Waals surface area contributed by atoms with Crippen molar-refractivity contribution in [3.63, 3.8) is 0 Å². The largest absolute Gasteiger partial charge is 0.549 e. The first-order valence-corrected chi connectivity index (χ1v) is 6.89. The van der Waals surface area contributed by atoms with E-state index in [0.29, 0.717) is 17.9 Å². The first-order chi connectivity index (χ1) is 10.6. The van der Waals surface area contributed by atoms with E-state index in [1.807, 2.05) is 24.3 Å². The van der Waals surface area contributed by atoms with Crippen LogP contribution in [0.5, 0.6) is 5.75 Å². The second kappa shape index (κ2) is 6.66. The number of para-hydroxylation sites is 1. The van der Waals surface area contributed by atoms with Gasteiger partial charge in [-0.1, -0.05) is 30.4 Å². The number of carboxylic acids is 1. The van der Waals surface area contributed by atoms with Gasteiger partial charge in [0.05, 0.1) is 26.1 Å². The van der Waals surface area contributed by atoms with Crippen LogP contribution < -0.4 is 9.84 Å². The zero-order valence-electron chi connectivity index (χ0n) is 12.9. The van der Waals surface area contributed by atoms with Crippen molar-refractivity contribution in [1.29, 1.82) is 0 Å². The summed E-state index contributed by atoms with van der Waals surface area (Å²) < 4.78 is 16.1. The molecule has 1 aliphatic rings. The van der Waals surface area contributed by atoms with E-state index in [2.05, 4.69) is 0 Å². The van der Waals surface area contributed by atoms with Gasteiger partial charge in [-0.2, -0.15) is 0 Å². The molecule has 118 valence electrons. The van der Waals surface area contributed by atoms with Crippen LogP contribution >= 0.6 is 0 Å². The Morgan fingerprint density at radius 3 is 2.55 bits per heavy atom. The smallest absolute Gasteiger partial charge is 0.122 e. The van der Waals surface area contributed by atoms with Crippen LogP contribution in [0, 0.1) is 5.92 Å². The Morgan fingerprint density at radius 1 is 1.23 bits per heavy atom. The quantitative estimate of drug-likeness (QED) is 0.787. The van der Waals surface area contributed by atoms with E-state index in [1.54, 1.807) is 25.3 Å². The number of ether oxygens (including phenoxy) is 3. The maximum Gasteiger partial charge on any atom is 0.122 e. The fourth-order valence-electron chi connectivity index (χ4n) is 2.81. The van der Waals surface area contributed by atoms with Crippen molar-refractivity contribution >= 4 is 5.97 Å². The van der Waals surface area contributed by atoms with Gasteiger partial charge in [-0.25, -0.2) is 0 Å². The maximum atomic E-state index is 11.7. The maximum absolute atomic E-state index is 11.7. The van der Waals surface area contributed by atoms with E-state index in [0.717, 1.165) is 5.56 Å². The number of benzene rings is 1. The molecule has 0 amide bonds. The minimum atomic E-state index is -1.24. The number of allylic oxidation sites excluding steroid dienone is 2. The standard InChI is InChI=1S/C17H20O5/c1-20-13-8-5-4-7-12(13)11-17(22-3)10-6-9-14(21-2)15(17)16(18)19/h4-10,15H,11H2,1-3H3,(H,18,19)/p-1. The molecule has 0 fully saturated rings. The number of hydrogen-bond acceptors (Lipinski definition) is 5. The summed E-state index contributed by atoms with van der Waals surface area (Å²) in [6.07, 6.45) is 5.39. The van der Waals surface area contributed by atoms with Crippen LogP contribution in [0.3, 0.4) is 0 Å². The van der Waals surface area contributed by atoms with Crippen LogP contribution in [-0.2, 0) is 20.7 Å². The molecule has 2 unspecified atom stereocenters. The summed E-state index contributed by atoms with van der Waals surface area (Å²) in [5, 5.41) is 11.7. The average molecular weight is 303 g/mol. The third-order valence-corrected chi connectivity index (χ3v) is 3.92. The summed E-state index contributed by atoms with van der Waals surface area (Å²) in [7, 11) is 4.49. The highest BCUT2D eigenvalue weighted by atomic mass is 16.5. The van der Waals surface area contributed by atoms with Crippen LogP contribution in [0.2, 0.25) is 0 Å². The number of methoxy groups -OCH3 is 3. The van der Waals surface area contributed by atoms with E-state index in [-0.39, 0.29) is 0 Å². The van der Waals surface area contributed by atoms with Gasteiger partial charge in [0, 0.05) is 13.5 Å². The van der Waals surface area contributed by atoms with Gasteiger partial charge in [0.2, 0.25) is 0 Å². The predicted molar refractivity (Wildman–Crippen MR) is 79.2 cm³/mol. The molecule has 0 saturated heterocycles. The van der Waals surface area contributed by atoms with E-state index >= 15 is 0 Å². The molecule has 1 aliphatic carbocycles. The molecule has 0 spiro atoms. The molecule has 1 aromatic carbocycles. The fraction of sp³-hybridized carbons (Fsp3) is 0.353. The van der Waals surface area contributed by atoms with Gasteiger partial charge < -0.3 is 24.1 Å². The van der Waals surface area contributed by atoms with E-state index in [9.17, 15) is 9.90 Å². The second-order valence-corrected chi connectivity index (χ2v) is 5.03. The summed E-state index contributed by atoms with van der Waals surface area (Å²) in [4.78, 5) is 11.7. The number of hydrogen-bond donors (Lipinski definition) is 0. The minimum absolute atomic E-state index is 0.305. The number of rotatable bonds is 6. The third kappa shape index (κ3) is 2.85. The third-order valence-electron chi connectivity index (χ3n) is 3.92. The summed E-state index contributed by atoms with van der Waals surface area (Å²) in [5.74, 6) is -1.29. The van der Waals surface area contributed by atoms with Gasteiger partial charge in [-0.15, -0.1) is 0 Å². The van der Waals surface area contributed by atoms with Crippen molar-refractivity contribution in [2.45, 2.75) is 12.0 Å². The molecule has 5 nitrogen and oxygen atoms in total. The van der Waals surface area contributed by atoms with E-state index < -0.39 is 17.5 Å². The Labute approximate surface area is 129 Å². The van der Waals surface area contributed by atoms with Crippen LogP contribution in [0.4, 0.5) is 0 Å². The van der Waals surface area contributed by atoms with Crippen molar-refractivity contribution in [3.05, 3.63) is 53.8 Å². The van der Waals surface area contributed by atoms with E-state index in [4.69, 9.17) is 14.2 Å². The molecule has 1 aromatic rings. The SMILES string of the molecule is COC1=CC=CC(Cc2ccccc2OC)(OC)C1C(=O)[O-]. The molecule has 0 saturated carbocycles. The lowest BCUT2D eigenvalue weighted by atomic mass is 9.77. The molecule has 2 atom stereocenters. The van der Waals surface area contributed by atoms with Gasteiger partial charge in [0.15, 0.2) is 0 Å². The Kier molecular flexibility index (Phi) is 4.88. The first-order valence-electron chi connectivity index (χ1n) is 6.89. The highest BCUT2D eigenvalue weighted by Crippen LogP contribution is 2.37. The molecule has 0 aliphatic heterocycles. The molecule has 22 heavy (non-hydrogen) atoms. The zero-order chi connectivity index (χ0) is 16.2. The zero-order valence-corrected chi connectivity index (χ0v) is 12.9. The van der Waals surface area contributed by atoms with Crippen molar-refractivity contribution in [1.82, 2.24) is 0 Å². The average Bonchev–Trinajstić information content (AvgIpc) is 2.54. The Morgan fingerprint density at radius 2 is 1.95 bits per heavy atom. The number of carbonyl (C=O) groups excluding carboxylic acids is 1. The first kappa shape index (κ1) is 16.1. The summed E-state index contributed by atoms with van der Waals surface area (Å²) in [6, 6.07) is 7.43. The molecule has 0 heterocycles. The fourth-order valence-corrected chi connectivity index (χ4v) is 2.81. The molecule has 0 aromatic heterocycles. The number of carbonyl (C=O) groups is 1. The lowest BCUT2D eigenvalue weighted by Crippen LogP contribution is -2.51. The predicted octanol–water partition coefficient (Wildman–Crippen LogP) is 1.09. The number of aliphatic carboxylic acids is 1. The van der Waals surface area contributed by atoms with E-state index in [1.165, 1.54) is 14.2 Å². The van der Waals surface area contributed by atoms with Crippen molar-refractivity contribution in [2.24, 2.45) is 5.92 Å². The lowest BCUT2D eigenvalue weighted by molar-refractivity contribution is -0.316. The van der Waals surface area contributed by atoms with Crippen LogP contribution in [0.15, 0.2) is 48.3 Å². The Hall–Kier alpha value is -2.27. The normalized spacial score (nSPS) is 23.8. The van der Waals surface area contributed by atoms with Crippen LogP contribution in [0.1, 0.15) is 5.56 Å². The summed E-state index contributed by atoms with van der Waals surface area (Å²) in [6.45, 7) is 0. The molecule has 2 rings (SSSR count). The van der Waals surface area contributed by atoms with Crippen LogP contribution in [-0.4, -0.2) is 32.9 Å². The van der Waals surface area contributed by atoms with Crippen molar-refractivity contribution in [2.75, 3.05) is 21.3 Å². The molecule has 5 heteroatoms. The highest BCUT2D eigenvalue weighted by molar-refractivity contribution is 5.74. The molecule has 0 bridgehead atoms. The van der Waals surface area contributed by atoms with Gasteiger partial charge in [-0.3, -0.25) is 0 Å². The topological polar surface area (TPSA) is 67.8 Å². The van der Waals surface area contributed by atoms with Gasteiger partial charge in [-0.05, 0) is 17.7 Å². The molecular weight excluding hydrogens is 284 g/mol. The van der Waals surface area contributed by atoms with Crippen molar-refractivity contribution in [3.8, 4) is 5.75 Å². The van der Waals surface area contributed by atoms with Gasteiger partial charge in [0.25, 0.3) is 0 Å². The monoisotopic (exact) mass is 303 g/mol. The summed E-state index contributed by atoms with van der Waals surface area (Å²) >= 11 is 0. The van der Waals surface area contributed by atoms with Crippen LogP contribution in [0.25, 0.3) is 0 Å². The van der Waals surface area contributed by atoms with Gasteiger partial charge >= 0.3 is 0 Å². The molecule has 0 N–H and O–H groups in total. The summed E-state index contributed by atoms with van der Waals surface area (Å²) in [5.41, 5.74) is -0.242. The number of carboxylic acid groups (broad SMARTS) is 1. The minimum Gasteiger partial charge on any atom is -0.549 e. The van der Waals surface area contributed by atoms with Crippen molar-refractivity contribution < 1.29 is 24.1 Å². The second-order valence-electron chi connectivity index (χ2n) is 5.03. The highest BCUT2D eigenvalue weighted by Gasteiger charge is 2.43. The molecule has 0 radical (unpaired) electrons. The molecular formula is C17H19O5-. The Bertz CT molecular complexity index is 605. The Balaban J connectivity index is 2.45. The lowest BCUT2D eigenvalue weighted by Gasteiger charge is -2.40.